The van der Waals surface area contributed by atoms with Crippen LogP contribution in [-0.2, 0) is 16.8 Å². The number of unbranched alkanes of at least 4 members (excludes halogenated alkanes) is 11. The molecule has 6 heteroatoms. The average Bonchev–Trinajstić information content (AvgIpc) is 3.39. The van der Waals surface area contributed by atoms with Gasteiger partial charge in [0, 0.05) is 23.5 Å². The Morgan fingerprint density at radius 3 is 2.07 bits per heavy atom. The molecule has 0 atom stereocenters. The van der Waals surface area contributed by atoms with E-state index in [4.69, 9.17) is 9.47 Å². The van der Waals surface area contributed by atoms with Gasteiger partial charge in [-0.3, -0.25) is 4.79 Å². The van der Waals surface area contributed by atoms with Crippen LogP contribution in [0.1, 0.15) is 123 Å². The first kappa shape index (κ1) is 34.9. The second-order valence-corrected chi connectivity index (χ2v) is 13.8. The van der Waals surface area contributed by atoms with Crippen molar-refractivity contribution in [3.63, 3.8) is 0 Å². The molecule has 0 spiro atoms. The number of thioether (sulfide) groups is 1. The van der Waals surface area contributed by atoms with Crippen LogP contribution >= 0.6 is 11.8 Å². The van der Waals surface area contributed by atoms with Gasteiger partial charge in [0.1, 0.15) is 11.5 Å². The number of nitrogens with one attached hydrogen (secondary N) is 1. The van der Waals surface area contributed by atoms with E-state index in [0.29, 0.717) is 5.75 Å². The fraction of sp³-hybridized carbons (Fsp3) is 0.595. The van der Waals surface area contributed by atoms with Crippen molar-refractivity contribution in [3.8, 4) is 11.5 Å². The smallest absolute Gasteiger partial charge is 0.262 e. The highest BCUT2D eigenvalue weighted by molar-refractivity contribution is 8.02. The second kappa shape index (κ2) is 18.9. The van der Waals surface area contributed by atoms with E-state index in [2.05, 4.69) is 62.4 Å². The summed E-state index contributed by atoms with van der Waals surface area (Å²) in [5.74, 6) is 2.41. The van der Waals surface area contributed by atoms with E-state index in [0.717, 1.165) is 42.4 Å². The van der Waals surface area contributed by atoms with Crippen molar-refractivity contribution in [1.29, 1.82) is 0 Å². The highest BCUT2D eigenvalue weighted by atomic mass is 32.2. The number of rotatable bonds is 20. The monoisotopic (exact) mass is 608 g/mol. The zero-order valence-corrected chi connectivity index (χ0v) is 28.3. The number of allylic oxidation sites excluding steroid dienone is 1. The largest absolute Gasteiger partial charge is 0.493 e. The van der Waals surface area contributed by atoms with Crippen molar-refractivity contribution < 1.29 is 14.3 Å². The lowest BCUT2D eigenvalue weighted by molar-refractivity contribution is -0.118. The topological polar surface area (TPSA) is 50.8 Å². The van der Waals surface area contributed by atoms with Gasteiger partial charge in [-0.15, -0.1) is 11.8 Å². The highest BCUT2D eigenvalue weighted by Crippen LogP contribution is 2.34. The Hall–Kier alpha value is -2.60. The summed E-state index contributed by atoms with van der Waals surface area (Å²) < 4.78 is 12.1. The number of hydrogen-bond donors (Lipinski definition) is 1. The first-order valence-corrected chi connectivity index (χ1v) is 17.6. The van der Waals surface area contributed by atoms with Crippen molar-refractivity contribution in [2.75, 3.05) is 24.4 Å². The van der Waals surface area contributed by atoms with Gasteiger partial charge in [-0.25, -0.2) is 0 Å². The lowest BCUT2D eigenvalue weighted by Crippen LogP contribution is -2.21. The molecule has 1 N–H and O–H groups in total. The van der Waals surface area contributed by atoms with E-state index in [1.54, 1.807) is 0 Å². The molecule has 1 amide bonds. The van der Waals surface area contributed by atoms with Crippen LogP contribution in [0.3, 0.4) is 0 Å². The van der Waals surface area contributed by atoms with Crippen molar-refractivity contribution in [2.24, 2.45) is 0 Å². The van der Waals surface area contributed by atoms with E-state index in [1.807, 2.05) is 42.1 Å². The van der Waals surface area contributed by atoms with Gasteiger partial charge in [-0.1, -0.05) is 110 Å². The zero-order chi connectivity index (χ0) is 30.9. The molecule has 1 aliphatic rings. The molecule has 3 rings (SSSR count). The molecular weight excluding hydrogens is 552 g/mol. The summed E-state index contributed by atoms with van der Waals surface area (Å²) in [5.41, 5.74) is 4.30. The van der Waals surface area contributed by atoms with E-state index in [9.17, 15) is 4.79 Å². The number of ether oxygens (including phenoxy) is 2. The van der Waals surface area contributed by atoms with Crippen molar-refractivity contribution in [3.05, 3.63) is 64.7 Å². The summed E-state index contributed by atoms with van der Waals surface area (Å²) in [4.78, 5) is 15.0. The van der Waals surface area contributed by atoms with Crippen LogP contribution in [0.5, 0.6) is 11.5 Å². The van der Waals surface area contributed by atoms with Crippen molar-refractivity contribution in [1.82, 2.24) is 4.90 Å². The Balaban J connectivity index is 1.35. The molecule has 0 radical (unpaired) electrons. The number of anilines is 1. The minimum atomic E-state index is -0.174. The maximum atomic E-state index is 12.6. The second-order valence-electron chi connectivity index (χ2n) is 12.9. The molecule has 238 valence electrons. The summed E-state index contributed by atoms with van der Waals surface area (Å²) in [6.45, 7) is 12.5. The number of carbonyl (C=O) groups excluding carboxylic acids is 1. The van der Waals surface area contributed by atoms with Crippen LogP contribution < -0.4 is 14.8 Å². The number of carbonyl (C=O) groups is 1. The molecule has 2 aromatic rings. The van der Waals surface area contributed by atoms with Gasteiger partial charge in [0.05, 0.1) is 12.5 Å². The summed E-state index contributed by atoms with van der Waals surface area (Å²) >= 11 is 1.82. The SMILES string of the molecule is CCCCCCCCCCCCCCOc1ccc(OCC(=O)Nc2ccc(CN3CSC=C3C)cc2)cc1C(C)(C)C. The van der Waals surface area contributed by atoms with Gasteiger partial charge in [0.25, 0.3) is 5.91 Å². The quantitative estimate of drug-likeness (QED) is 0.152. The molecule has 1 heterocycles. The highest BCUT2D eigenvalue weighted by Gasteiger charge is 2.20. The third-order valence-corrected chi connectivity index (χ3v) is 8.95. The predicted molar refractivity (Wildman–Crippen MR) is 184 cm³/mol. The van der Waals surface area contributed by atoms with E-state index in [-0.39, 0.29) is 17.9 Å². The molecule has 1 aliphatic heterocycles. The maximum absolute atomic E-state index is 12.6. The molecule has 5 nitrogen and oxygen atoms in total. The fourth-order valence-corrected chi connectivity index (χ4v) is 6.23. The average molecular weight is 609 g/mol. The lowest BCUT2D eigenvalue weighted by atomic mass is 9.86. The standard InChI is InChI=1S/C37H56N2O3S/c1-6-7-8-9-10-11-12-13-14-15-16-17-24-41-35-23-22-33(25-34(35)37(3,4)5)42-27-36(40)38-32-20-18-31(19-21-32)26-39-29-43-28-30(39)2/h18-23,25,28H,6-17,24,26-27,29H2,1-5H3,(H,38,40). The van der Waals surface area contributed by atoms with Gasteiger partial charge >= 0.3 is 0 Å². The molecule has 2 aromatic carbocycles. The minimum Gasteiger partial charge on any atom is -0.493 e. The summed E-state index contributed by atoms with van der Waals surface area (Å²) in [7, 11) is 0. The molecule has 0 saturated carbocycles. The maximum Gasteiger partial charge on any atom is 0.262 e. The van der Waals surface area contributed by atoms with E-state index < -0.39 is 0 Å². The molecule has 0 aromatic heterocycles. The first-order valence-electron chi connectivity index (χ1n) is 16.6. The molecule has 0 fully saturated rings. The molecular formula is C37H56N2O3S. The zero-order valence-electron chi connectivity index (χ0n) is 27.5. The third-order valence-electron chi connectivity index (χ3n) is 7.98. The van der Waals surface area contributed by atoms with Crippen molar-refractivity contribution in [2.45, 2.75) is 124 Å². The first-order chi connectivity index (χ1) is 20.8. The summed E-state index contributed by atoms with van der Waals surface area (Å²) in [6, 6.07) is 14.0. The molecule has 0 aliphatic carbocycles. The Morgan fingerprint density at radius 1 is 0.860 bits per heavy atom. The van der Waals surface area contributed by atoms with Gasteiger partial charge in [0.15, 0.2) is 6.61 Å². The van der Waals surface area contributed by atoms with Gasteiger partial charge < -0.3 is 19.7 Å². The number of hydrogen-bond acceptors (Lipinski definition) is 5. The van der Waals surface area contributed by atoms with E-state index >= 15 is 0 Å². The minimum absolute atomic E-state index is 0.0423. The van der Waals surface area contributed by atoms with Gasteiger partial charge in [-0.05, 0) is 60.1 Å². The molecule has 0 unspecified atom stereocenters. The number of amides is 1. The molecule has 0 bridgehead atoms. The fourth-order valence-electron chi connectivity index (χ4n) is 5.29. The third kappa shape index (κ3) is 13.3. The Kier molecular flexibility index (Phi) is 15.4. The van der Waals surface area contributed by atoms with Crippen LogP contribution in [0, 0.1) is 0 Å². The summed E-state index contributed by atoms with van der Waals surface area (Å²) in [6.07, 6.45) is 16.0. The molecule has 0 saturated heterocycles. The van der Waals surface area contributed by atoms with E-state index in [1.165, 1.54) is 81.9 Å². The Bertz CT molecular complexity index is 1120. The van der Waals surface area contributed by atoms with Crippen LogP contribution in [0.25, 0.3) is 0 Å². The van der Waals surface area contributed by atoms with Crippen molar-refractivity contribution >= 4 is 23.4 Å². The number of benzene rings is 2. The van der Waals surface area contributed by atoms with Crippen LogP contribution in [-0.4, -0.2) is 29.9 Å². The normalized spacial score (nSPS) is 13.2. The van der Waals surface area contributed by atoms with Gasteiger partial charge in [-0.2, -0.15) is 0 Å². The van der Waals surface area contributed by atoms with Gasteiger partial charge in [0.2, 0.25) is 0 Å². The van der Waals surface area contributed by atoms with Crippen LogP contribution in [0.15, 0.2) is 53.6 Å². The van der Waals surface area contributed by atoms with Crippen LogP contribution in [0.4, 0.5) is 5.69 Å². The summed E-state index contributed by atoms with van der Waals surface area (Å²) in [5, 5.41) is 5.14. The van der Waals surface area contributed by atoms with Crippen LogP contribution in [0.2, 0.25) is 0 Å². The predicted octanol–water partition coefficient (Wildman–Crippen LogP) is 10.4. The lowest BCUT2D eigenvalue weighted by Gasteiger charge is -2.24. The Labute approximate surface area is 266 Å². The molecule has 43 heavy (non-hydrogen) atoms. The Morgan fingerprint density at radius 2 is 1.49 bits per heavy atom. The number of nitrogens with zero attached hydrogens (tertiary/aromatic N) is 1.